The maximum atomic E-state index is 11.9. The largest absolute Gasteiger partial charge is 0.480 e. The molecular weight excluding hydrogens is 234 g/mol. The molecule has 0 fully saturated rings. The summed E-state index contributed by atoms with van der Waals surface area (Å²) in [6, 6.07) is 0.774. The number of aliphatic carboxylic acids is 1. The van der Waals surface area contributed by atoms with E-state index in [1.165, 1.54) is 0 Å². The van der Waals surface area contributed by atoms with Crippen molar-refractivity contribution >= 4 is 11.9 Å². The predicted molar refractivity (Wildman–Crippen MR) is 66.6 cm³/mol. The van der Waals surface area contributed by atoms with Crippen molar-refractivity contribution in [2.75, 3.05) is 0 Å². The number of carboxylic acid groups (broad SMARTS) is 1. The lowest BCUT2D eigenvalue weighted by Crippen LogP contribution is -2.40. The first-order valence-corrected chi connectivity index (χ1v) is 6.06. The Labute approximate surface area is 106 Å². The van der Waals surface area contributed by atoms with Gasteiger partial charge in [0.25, 0.3) is 5.91 Å². The van der Waals surface area contributed by atoms with Gasteiger partial charge in [0.05, 0.1) is 5.56 Å². The lowest BCUT2D eigenvalue weighted by atomic mass is 10.1. The van der Waals surface area contributed by atoms with E-state index >= 15 is 0 Å². The Kier molecular flexibility index (Phi) is 4.95. The quantitative estimate of drug-likeness (QED) is 0.815. The Hall–Kier alpha value is -1.78. The fourth-order valence-electron chi connectivity index (χ4n) is 1.76. The van der Waals surface area contributed by atoms with Crippen molar-refractivity contribution in [1.82, 2.24) is 5.32 Å². The molecule has 1 rings (SSSR count). The molecule has 1 aromatic heterocycles. The van der Waals surface area contributed by atoms with Crippen molar-refractivity contribution in [2.45, 2.75) is 46.1 Å². The van der Waals surface area contributed by atoms with Gasteiger partial charge in [-0.05, 0) is 26.3 Å². The summed E-state index contributed by atoms with van der Waals surface area (Å²) in [5.74, 6) is -0.259. The van der Waals surface area contributed by atoms with Crippen molar-refractivity contribution in [3.8, 4) is 0 Å². The minimum atomic E-state index is -1.00. The minimum Gasteiger partial charge on any atom is -0.480 e. The number of carbonyl (C=O) groups excluding carboxylic acids is 1. The maximum Gasteiger partial charge on any atom is 0.326 e. The van der Waals surface area contributed by atoms with Crippen LogP contribution in [0.4, 0.5) is 0 Å². The molecular formula is C13H19NO4. The molecule has 0 aliphatic rings. The summed E-state index contributed by atoms with van der Waals surface area (Å²) in [5, 5.41) is 11.6. The SMILES string of the molecule is CCCC[C@H](NC(=O)c1cc(C)oc1C)C(=O)O. The Bertz CT molecular complexity index is 436. The molecule has 0 bridgehead atoms. The van der Waals surface area contributed by atoms with Crippen LogP contribution in [0.25, 0.3) is 0 Å². The number of amides is 1. The lowest BCUT2D eigenvalue weighted by Gasteiger charge is -2.13. The molecule has 0 saturated carbocycles. The summed E-state index contributed by atoms with van der Waals surface area (Å²) < 4.78 is 5.25. The lowest BCUT2D eigenvalue weighted by molar-refractivity contribution is -0.139. The Balaban J connectivity index is 2.72. The standard InChI is InChI=1S/C13H19NO4/c1-4-5-6-11(13(16)17)14-12(15)10-7-8(2)18-9(10)3/h7,11H,4-6H2,1-3H3,(H,14,15)(H,16,17)/t11-/m0/s1. The summed E-state index contributed by atoms with van der Waals surface area (Å²) in [6.07, 6.45) is 2.09. The van der Waals surface area contributed by atoms with Gasteiger partial charge in [-0.15, -0.1) is 0 Å². The number of rotatable bonds is 6. The second kappa shape index (κ2) is 6.23. The average Bonchev–Trinajstić information content (AvgIpc) is 2.63. The highest BCUT2D eigenvalue weighted by atomic mass is 16.4. The van der Waals surface area contributed by atoms with Crippen molar-refractivity contribution in [3.63, 3.8) is 0 Å². The van der Waals surface area contributed by atoms with E-state index in [1.807, 2.05) is 6.92 Å². The van der Waals surface area contributed by atoms with E-state index in [2.05, 4.69) is 5.32 Å². The average molecular weight is 253 g/mol. The van der Waals surface area contributed by atoms with E-state index in [4.69, 9.17) is 9.52 Å². The van der Waals surface area contributed by atoms with Crippen molar-refractivity contribution in [1.29, 1.82) is 0 Å². The highest BCUT2D eigenvalue weighted by molar-refractivity contribution is 5.97. The van der Waals surface area contributed by atoms with Crippen molar-refractivity contribution in [2.24, 2.45) is 0 Å². The first-order valence-electron chi connectivity index (χ1n) is 6.06. The van der Waals surface area contributed by atoms with E-state index in [0.717, 1.165) is 12.8 Å². The minimum absolute atomic E-state index is 0.396. The Morgan fingerprint density at radius 1 is 1.44 bits per heavy atom. The van der Waals surface area contributed by atoms with E-state index in [-0.39, 0.29) is 0 Å². The van der Waals surface area contributed by atoms with Gasteiger partial charge in [-0.3, -0.25) is 4.79 Å². The molecule has 0 saturated heterocycles. The van der Waals surface area contributed by atoms with Crippen LogP contribution in [0.1, 0.15) is 48.1 Å². The fourth-order valence-corrected chi connectivity index (χ4v) is 1.76. The highest BCUT2D eigenvalue weighted by Gasteiger charge is 2.22. The zero-order valence-electron chi connectivity index (χ0n) is 10.9. The smallest absolute Gasteiger partial charge is 0.326 e. The number of aryl methyl sites for hydroxylation is 2. The van der Waals surface area contributed by atoms with E-state index < -0.39 is 17.9 Å². The van der Waals surface area contributed by atoms with E-state index in [0.29, 0.717) is 23.5 Å². The van der Waals surface area contributed by atoms with Gasteiger partial charge in [0.2, 0.25) is 0 Å². The Morgan fingerprint density at radius 2 is 2.11 bits per heavy atom. The van der Waals surface area contributed by atoms with Crippen LogP contribution in [-0.2, 0) is 4.79 Å². The number of unbranched alkanes of at least 4 members (excludes halogenated alkanes) is 1. The number of nitrogens with one attached hydrogen (secondary N) is 1. The van der Waals surface area contributed by atoms with Gasteiger partial charge in [-0.1, -0.05) is 19.8 Å². The molecule has 0 unspecified atom stereocenters. The van der Waals surface area contributed by atoms with Crippen LogP contribution in [-0.4, -0.2) is 23.0 Å². The molecule has 18 heavy (non-hydrogen) atoms. The number of carbonyl (C=O) groups is 2. The predicted octanol–water partition coefficient (Wildman–Crippen LogP) is 2.27. The third kappa shape index (κ3) is 3.61. The van der Waals surface area contributed by atoms with E-state index in [1.54, 1.807) is 19.9 Å². The molecule has 0 spiro atoms. The normalized spacial score (nSPS) is 12.2. The molecule has 0 aliphatic heterocycles. The summed E-state index contributed by atoms with van der Waals surface area (Å²) in [4.78, 5) is 22.9. The van der Waals surface area contributed by atoms with Gasteiger partial charge in [0.15, 0.2) is 0 Å². The molecule has 1 heterocycles. The van der Waals surface area contributed by atoms with Crippen LogP contribution in [0, 0.1) is 13.8 Å². The molecule has 1 aromatic rings. The van der Waals surface area contributed by atoms with Crippen LogP contribution in [0.2, 0.25) is 0 Å². The zero-order chi connectivity index (χ0) is 13.7. The molecule has 5 nitrogen and oxygen atoms in total. The first kappa shape index (κ1) is 14.3. The molecule has 0 aliphatic carbocycles. The first-order chi connectivity index (χ1) is 8.45. The third-order valence-corrected chi connectivity index (χ3v) is 2.74. The topological polar surface area (TPSA) is 79.5 Å². The summed E-state index contributed by atoms with van der Waals surface area (Å²) in [7, 11) is 0. The summed E-state index contributed by atoms with van der Waals surface area (Å²) in [6.45, 7) is 5.41. The summed E-state index contributed by atoms with van der Waals surface area (Å²) >= 11 is 0. The third-order valence-electron chi connectivity index (χ3n) is 2.74. The molecule has 0 radical (unpaired) electrons. The van der Waals surface area contributed by atoms with Crippen LogP contribution < -0.4 is 5.32 Å². The maximum absolute atomic E-state index is 11.9. The van der Waals surface area contributed by atoms with Crippen LogP contribution in [0.3, 0.4) is 0 Å². The van der Waals surface area contributed by atoms with Gasteiger partial charge < -0.3 is 14.8 Å². The van der Waals surface area contributed by atoms with Crippen molar-refractivity contribution in [3.05, 3.63) is 23.2 Å². The van der Waals surface area contributed by atoms with Gasteiger partial charge in [-0.25, -0.2) is 4.79 Å². The number of carboxylic acids is 1. The van der Waals surface area contributed by atoms with Crippen LogP contribution in [0.15, 0.2) is 10.5 Å². The number of furan rings is 1. The van der Waals surface area contributed by atoms with Gasteiger partial charge in [0.1, 0.15) is 17.6 Å². The monoisotopic (exact) mass is 253 g/mol. The van der Waals surface area contributed by atoms with E-state index in [9.17, 15) is 9.59 Å². The number of hydrogen-bond acceptors (Lipinski definition) is 3. The second-order valence-corrected chi connectivity index (χ2v) is 4.33. The highest BCUT2D eigenvalue weighted by Crippen LogP contribution is 2.14. The molecule has 1 amide bonds. The molecule has 100 valence electrons. The molecule has 1 atom stereocenters. The van der Waals surface area contributed by atoms with Crippen LogP contribution >= 0.6 is 0 Å². The molecule has 0 aromatic carbocycles. The van der Waals surface area contributed by atoms with Crippen LogP contribution in [0.5, 0.6) is 0 Å². The number of hydrogen-bond donors (Lipinski definition) is 2. The van der Waals surface area contributed by atoms with Gasteiger partial charge >= 0.3 is 5.97 Å². The van der Waals surface area contributed by atoms with Gasteiger partial charge in [0, 0.05) is 0 Å². The molecule has 5 heteroatoms. The zero-order valence-corrected chi connectivity index (χ0v) is 10.9. The second-order valence-electron chi connectivity index (χ2n) is 4.33. The van der Waals surface area contributed by atoms with Gasteiger partial charge in [-0.2, -0.15) is 0 Å². The van der Waals surface area contributed by atoms with Crippen molar-refractivity contribution < 1.29 is 19.1 Å². The Morgan fingerprint density at radius 3 is 2.56 bits per heavy atom. The molecule has 2 N–H and O–H groups in total. The fraction of sp³-hybridized carbons (Fsp3) is 0.538. The summed E-state index contributed by atoms with van der Waals surface area (Å²) in [5.41, 5.74) is 0.398.